The van der Waals surface area contributed by atoms with Crippen molar-refractivity contribution in [2.75, 3.05) is 20.3 Å². The van der Waals surface area contributed by atoms with Crippen molar-refractivity contribution in [1.82, 2.24) is 0 Å². The van der Waals surface area contributed by atoms with E-state index in [-0.39, 0.29) is 11.9 Å². The molecule has 1 aromatic rings. The van der Waals surface area contributed by atoms with Gasteiger partial charge in [0.2, 0.25) is 0 Å². The zero-order valence-electron chi connectivity index (χ0n) is 9.76. The summed E-state index contributed by atoms with van der Waals surface area (Å²) in [5, 5.41) is 2.01. The van der Waals surface area contributed by atoms with E-state index in [1.807, 2.05) is 17.5 Å². The van der Waals surface area contributed by atoms with Crippen molar-refractivity contribution in [1.29, 1.82) is 0 Å². The largest absolute Gasteiger partial charge is 0.382 e. The molecule has 94 valence electrons. The minimum absolute atomic E-state index is 0.0959. The summed E-state index contributed by atoms with van der Waals surface area (Å²) in [5.41, 5.74) is 0. The quantitative estimate of drug-likeness (QED) is 0.696. The standard InChI is InChI=1S/C12H16O4S/c1-14-4-5-15-12-10(13)7-11(12)16-8-9-3-2-6-17-9/h2-3,6,11-12H,4-5,7-8H2,1H3. The van der Waals surface area contributed by atoms with Crippen LogP contribution >= 0.6 is 11.3 Å². The lowest BCUT2D eigenvalue weighted by molar-refractivity contribution is -0.169. The van der Waals surface area contributed by atoms with E-state index in [1.165, 1.54) is 4.88 Å². The third-order valence-corrected chi connectivity index (χ3v) is 3.51. The number of rotatable bonds is 7. The molecule has 17 heavy (non-hydrogen) atoms. The van der Waals surface area contributed by atoms with E-state index in [4.69, 9.17) is 14.2 Å². The van der Waals surface area contributed by atoms with Crippen LogP contribution in [0.25, 0.3) is 0 Å². The minimum Gasteiger partial charge on any atom is -0.382 e. The molecule has 0 spiro atoms. The van der Waals surface area contributed by atoms with Crippen molar-refractivity contribution in [3.63, 3.8) is 0 Å². The van der Waals surface area contributed by atoms with E-state index in [2.05, 4.69) is 0 Å². The lowest BCUT2D eigenvalue weighted by atomic mass is 9.90. The van der Waals surface area contributed by atoms with Gasteiger partial charge < -0.3 is 14.2 Å². The van der Waals surface area contributed by atoms with Crippen molar-refractivity contribution < 1.29 is 19.0 Å². The Labute approximate surface area is 104 Å². The maximum absolute atomic E-state index is 11.4. The molecule has 1 fully saturated rings. The van der Waals surface area contributed by atoms with Gasteiger partial charge >= 0.3 is 0 Å². The van der Waals surface area contributed by atoms with Gasteiger partial charge in [-0.3, -0.25) is 4.79 Å². The van der Waals surface area contributed by atoms with Crippen LogP contribution in [0.15, 0.2) is 17.5 Å². The number of hydrogen-bond acceptors (Lipinski definition) is 5. The lowest BCUT2D eigenvalue weighted by Gasteiger charge is -2.34. The third kappa shape index (κ3) is 3.35. The first-order valence-corrected chi connectivity index (χ1v) is 6.46. The predicted octanol–water partition coefficient (Wildman–Crippen LogP) is 1.64. The molecule has 1 heterocycles. The van der Waals surface area contributed by atoms with E-state index in [9.17, 15) is 4.79 Å². The molecule has 1 aromatic heterocycles. The Balaban J connectivity index is 1.71. The molecule has 5 heteroatoms. The zero-order chi connectivity index (χ0) is 12.1. The summed E-state index contributed by atoms with van der Waals surface area (Å²) in [6.45, 7) is 1.49. The first-order chi connectivity index (χ1) is 8.31. The molecule has 1 saturated carbocycles. The van der Waals surface area contributed by atoms with Crippen LogP contribution in [0.2, 0.25) is 0 Å². The number of ketones is 1. The minimum atomic E-state index is -0.398. The van der Waals surface area contributed by atoms with Crippen LogP contribution in [0, 0.1) is 0 Å². The first-order valence-electron chi connectivity index (χ1n) is 5.58. The summed E-state index contributed by atoms with van der Waals surface area (Å²) in [4.78, 5) is 12.5. The van der Waals surface area contributed by atoms with Crippen molar-refractivity contribution in [2.24, 2.45) is 0 Å². The second kappa shape index (κ2) is 6.26. The molecule has 0 bridgehead atoms. The molecule has 2 rings (SSSR count). The molecule has 2 atom stereocenters. The Morgan fingerprint density at radius 3 is 2.94 bits per heavy atom. The van der Waals surface area contributed by atoms with Gasteiger partial charge in [0.15, 0.2) is 5.78 Å². The van der Waals surface area contributed by atoms with Crippen molar-refractivity contribution in [3.8, 4) is 0 Å². The summed E-state index contributed by atoms with van der Waals surface area (Å²) in [6.07, 6.45) is -0.0326. The van der Waals surface area contributed by atoms with Crippen LogP contribution in [0.1, 0.15) is 11.3 Å². The number of carbonyl (C=O) groups excluding carboxylic acids is 1. The summed E-state index contributed by atoms with van der Waals surface area (Å²) in [6, 6.07) is 4.01. The van der Waals surface area contributed by atoms with Gasteiger partial charge in [-0.05, 0) is 11.4 Å². The normalized spacial score (nSPS) is 23.7. The van der Waals surface area contributed by atoms with Gasteiger partial charge in [0.1, 0.15) is 6.10 Å². The Hall–Kier alpha value is -0.750. The van der Waals surface area contributed by atoms with E-state index in [0.29, 0.717) is 26.2 Å². The fourth-order valence-electron chi connectivity index (χ4n) is 1.66. The van der Waals surface area contributed by atoms with Gasteiger partial charge in [0, 0.05) is 18.4 Å². The lowest BCUT2D eigenvalue weighted by Crippen LogP contribution is -2.50. The number of carbonyl (C=O) groups is 1. The van der Waals surface area contributed by atoms with Gasteiger partial charge in [0.25, 0.3) is 0 Å². The van der Waals surface area contributed by atoms with Gasteiger partial charge in [-0.1, -0.05) is 6.07 Å². The maximum atomic E-state index is 11.4. The Morgan fingerprint density at radius 2 is 2.29 bits per heavy atom. The number of ether oxygens (including phenoxy) is 3. The molecule has 0 N–H and O–H groups in total. The highest BCUT2D eigenvalue weighted by Gasteiger charge is 2.41. The Morgan fingerprint density at radius 1 is 1.41 bits per heavy atom. The second-order valence-corrected chi connectivity index (χ2v) is 4.92. The fourth-order valence-corrected chi connectivity index (χ4v) is 2.28. The van der Waals surface area contributed by atoms with Crippen LogP contribution in [0.3, 0.4) is 0 Å². The van der Waals surface area contributed by atoms with E-state index in [1.54, 1.807) is 18.4 Å². The average molecular weight is 256 g/mol. The zero-order valence-corrected chi connectivity index (χ0v) is 10.6. The van der Waals surface area contributed by atoms with Crippen LogP contribution in [0.4, 0.5) is 0 Å². The van der Waals surface area contributed by atoms with Crippen molar-refractivity contribution in [3.05, 3.63) is 22.4 Å². The summed E-state index contributed by atoms with van der Waals surface area (Å²) in [5.74, 6) is 0.122. The third-order valence-electron chi connectivity index (χ3n) is 2.66. The molecule has 0 aromatic carbocycles. The average Bonchev–Trinajstić information content (AvgIpc) is 2.83. The maximum Gasteiger partial charge on any atom is 0.166 e. The van der Waals surface area contributed by atoms with Gasteiger partial charge in [-0.2, -0.15) is 0 Å². The van der Waals surface area contributed by atoms with E-state index >= 15 is 0 Å². The molecule has 0 saturated heterocycles. The Kier molecular flexibility index (Phi) is 4.67. The smallest absolute Gasteiger partial charge is 0.166 e. The molecular weight excluding hydrogens is 240 g/mol. The first kappa shape index (κ1) is 12.7. The molecule has 1 aliphatic carbocycles. The monoisotopic (exact) mass is 256 g/mol. The van der Waals surface area contributed by atoms with E-state index < -0.39 is 6.10 Å². The topological polar surface area (TPSA) is 44.8 Å². The van der Waals surface area contributed by atoms with Gasteiger partial charge in [-0.25, -0.2) is 0 Å². The molecular formula is C12H16O4S. The Bertz CT molecular complexity index is 349. The van der Waals surface area contributed by atoms with E-state index in [0.717, 1.165) is 0 Å². The molecule has 0 radical (unpaired) electrons. The summed E-state index contributed by atoms with van der Waals surface area (Å²) in [7, 11) is 1.61. The molecule has 1 aliphatic rings. The molecule has 0 aliphatic heterocycles. The highest BCUT2D eigenvalue weighted by atomic mass is 32.1. The van der Waals surface area contributed by atoms with Crippen molar-refractivity contribution >= 4 is 17.1 Å². The second-order valence-electron chi connectivity index (χ2n) is 3.88. The van der Waals surface area contributed by atoms with Crippen LogP contribution in [0.5, 0.6) is 0 Å². The number of thiophene rings is 1. The van der Waals surface area contributed by atoms with Crippen LogP contribution < -0.4 is 0 Å². The number of Topliss-reactive ketones (excluding diaryl/α,β-unsaturated/α-hetero) is 1. The van der Waals surface area contributed by atoms with Crippen molar-refractivity contribution in [2.45, 2.75) is 25.2 Å². The molecule has 0 amide bonds. The SMILES string of the molecule is COCCOC1C(=O)CC1OCc1cccs1. The highest BCUT2D eigenvalue weighted by Crippen LogP contribution is 2.24. The van der Waals surface area contributed by atoms with Gasteiger partial charge in [0.05, 0.1) is 25.9 Å². The molecule has 2 unspecified atom stereocenters. The summed E-state index contributed by atoms with van der Waals surface area (Å²) >= 11 is 1.65. The highest BCUT2D eigenvalue weighted by molar-refractivity contribution is 7.09. The molecule has 4 nitrogen and oxygen atoms in total. The van der Waals surface area contributed by atoms with Crippen LogP contribution in [-0.2, 0) is 25.6 Å². The summed E-state index contributed by atoms with van der Waals surface area (Å²) < 4.78 is 16.0. The number of hydrogen-bond donors (Lipinski definition) is 0. The fraction of sp³-hybridized carbons (Fsp3) is 0.583. The van der Waals surface area contributed by atoms with Crippen LogP contribution in [-0.4, -0.2) is 38.3 Å². The number of methoxy groups -OCH3 is 1. The van der Waals surface area contributed by atoms with Gasteiger partial charge in [-0.15, -0.1) is 11.3 Å². The predicted molar refractivity (Wildman–Crippen MR) is 64.1 cm³/mol.